The van der Waals surface area contributed by atoms with Crippen LogP contribution >= 0.6 is 0 Å². The number of nitrogens with zero attached hydrogens (tertiary/aromatic N) is 1. The Hall–Kier alpha value is -1.64. The third kappa shape index (κ3) is 5.42. The van der Waals surface area contributed by atoms with Gasteiger partial charge in [0.1, 0.15) is 5.75 Å². The number of carbonyl (C=O) groups is 1. The fourth-order valence-corrected chi connectivity index (χ4v) is 3.95. The summed E-state index contributed by atoms with van der Waals surface area (Å²) in [5.41, 5.74) is 0.967. The van der Waals surface area contributed by atoms with Gasteiger partial charge in [0.2, 0.25) is 15.9 Å². The second-order valence-electron chi connectivity index (χ2n) is 6.34. The molecule has 0 aliphatic carbocycles. The number of carbonyl (C=O) groups excluding carboxylic acids is 1. The summed E-state index contributed by atoms with van der Waals surface area (Å²) in [5.74, 6) is 0.378. The van der Waals surface area contributed by atoms with E-state index < -0.39 is 10.0 Å². The Kier molecular flexibility index (Phi) is 6.80. The fourth-order valence-electron chi connectivity index (χ4n) is 2.78. The third-order valence-electron chi connectivity index (χ3n) is 4.34. The van der Waals surface area contributed by atoms with Gasteiger partial charge in [-0.1, -0.05) is 18.2 Å². The number of aryl methyl sites for hydroxylation is 1. The molecule has 1 amide bonds. The van der Waals surface area contributed by atoms with Gasteiger partial charge in [0.25, 0.3) is 0 Å². The highest BCUT2D eigenvalue weighted by molar-refractivity contribution is 7.89. The lowest BCUT2D eigenvalue weighted by molar-refractivity contribution is -0.122. The summed E-state index contributed by atoms with van der Waals surface area (Å²) in [6, 6.07) is 7.30. The topological polar surface area (TPSA) is 84.9 Å². The van der Waals surface area contributed by atoms with E-state index >= 15 is 0 Å². The van der Waals surface area contributed by atoms with Crippen LogP contribution in [0.15, 0.2) is 24.3 Å². The number of sulfonamides is 1. The standard InChI is InChI=1S/C17H26N2O5S/c1-19(2)25(21,22)12-14-10-24-11-15(14)18-17(20)9-8-13-6-4-5-7-16(13)23-3/h4-7,14-15H,8-12H2,1-3H3,(H,18,20)/t14-,15+/m0/s1. The highest BCUT2D eigenvalue weighted by atomic mass is 32.2. The molecule has 1 heterocycles. The molecule has 1 N–H and O–H groups in total. The minimum absolute atomic E-state index is 0.0303. The minimum Gasteiger partial charge on any atom is -0.496 e. The Labute approximate surface area is 149 Å². The number of ether oxygens (including phenoxy) is 2. The molecule has 140 valence electrons. The van der Waals surface area contributed by atoms with Gasteiger partial charge in [-0.3, -0.25) is 4.79 Å². The first-order valence-corrected chi connectivity index (χ1v) is 9.83. The average molecular weight is 370 g/mol. The first-order valence-electron chi connectivity index (χ1n) is 8.22. The molecule has 0 radical (unpaired) electrons. The zero-order valence-corrected chi connectivity index (χ0v) is 15.7. The van der Waals surface area contributed by atoms with Crippen LogP contribution in [-0.2, 0) is 26.0 Å². The van der Waals surface area contributed by atoms with Gasteiger partial charge >= 0.3 is 0 Å². The first kappa shape index (κ1) is 19.7. The maximum absolute atomic E-state index is 12.2. The van der Waals surface area contributed by atoms with Crippen molar-refractivity contribution in [3.63, 3.8) is 0 Å². The summed E-state index contributed by atoms with van der Waals surface area (Å²) < 4.78 is 35.9. The van der Waals surface area contributed by atoms with Gasteiger partial charge in [0.05, 0.1) is 32.1 Å². The number of nitrogens with one attached hydrogen (secondary N) is 1. The maximum atomic E-state index is 12.2. The monoisotopic (exact) mass is 370 g/mol. The van der Waals surface area contributed by atoms with E-state index in [-0.39, 0.29) is 23.6 Å². The van der Waals surface area contributed by atoms with Crippen molar-refractivity contribution >= 4 is 15.9 Å². The van der Waals surface area contributed by atoms with E-state index in [0.717, 1.165) is 11.3 Å². The van der Waals surface area contributed by atoms with Crippen molar-refractivity contribution < 1.29 is 22.7 Å². The number of para-hydroxylation sites is 1. The predicted octanol–water partition coefficient (Wildman–Crippen LogP) is 0.650. The summed E-state index contributed by atoms with van der Waals surface area (Å²) >= 11 is 0. The number of benzene rings is 1. The van der Waals surface area contributed by atoms with E-state index in [9.17, 15) is 13.2 Å². The molecular formula is C17H26N2O5S. The van der Waals surface area contributed by atoms with Crippen molar-refractivity contribution in [3.05, 3.63) is 29.8 Å². The van der Waals surface area contributed by atoms with Crippen LogP contribution in [0.25, 0.3) is 0 Å². The van der Waals surface area contributed by atoms with Gasteiger partial charge in [-0.2, -0.15) is 0 Å². The molecule has 2 atom stereocenters. The van der Waals surface area contributed by atoms with E-state index in [4.69, 9.17) is 9.47 Å². The van der Waals surface area contributed by atoms with Crippen LogP contribution in [0.5, 0.6) is 5.75 Å². The summed E-state index contributed by atoms with van der Waals surface area (Å²) in [6.07, 6.45) is 0.869. The lowest BCUT2D eigenvalue weighted by atomic mass is 10.0. The van der Waals surface area contributed by atoms with E-state index in [1.807, 2.05) is 24.3 Å². The molecule has 7 nitrogen and oxygen atoms in total. The molecular weight excluding hydrogens is 344 g/mol. The Morgan fingerprint density at radius 2 is 2.04 bits per heavy atom. The Bertz CT molecular complexity index is 690. The molecule has 0 bridgehead atoms. The van der Waals surface area contributed by atoms with Crippen LogP contribution in [0.4, 0.5) is 0 Å². The summed E-state index contributed by atoms with van der Waals surface area (Å²) in [6.45, 7) is 0.679. The van der Waals surface area contributed by atoms with Crippen LogP contribution in [0.3, 0.4) is 0 Å². The van der Waals surface area contributed by atoms with Crippen molar-refractivity contribution in [2.75, 3.05) is 40.2 Å². The number of hydrogen-bond donors (Lipinski definition) is 1. The molecule has 1 aromatic carbocycles. The number of amides is 1. The highest BCUT2D eigenvalue weighted by Crippen LogP contribution is 2.20. The molecule has 8 heteroatoms. The molecule has 1 aliphatic rings. The molecule has 1 fully saturated rings. The van der Waals surface area contributed by atoms with Crippen molar-refractivity contribution in [2.45, 2.75) is 18.9 Å². The Balaban J connectivity index is 1.89. The second kappa shape index (κ2) is 8.64. The first-order chi connectivity index (χ1) is 11.8. The van der Waals surface area contributed by atoms with Gasteiger partial charge in [0, 0.05) is 26.4 Å². The van der Waals surface area contributed by atoms with Crippen LogP contribution in [0, 0.1) is 5.92 Å². The smallest absolute Gasteiger partial charge is 0.220 e. The molecule has 0 unspecified atom stereocenters. The molecule has 2 rings (SSSR count). The number of methoxy groups -OCH3 is 1. The van der Waals surface area contributed by atoms with Crippen LogP contribution in [0.2, 0.25) is 0 Å². The quantitative estimate of drug-likeness (QED) is 0.726. The highest BCUT2D eigenvalue weighted by Gasteiger charge is 2.34. The van der Waals surface area contributed by atoms with Crippen molar-refractivity contribution in [1.82, 2.24) is 9.62 Å². The van der Waals surface area contributed by atoms with Crippen LogP contribution < -0.4 is 10.1 Å². The zero-order valence-electron chi connectivity index (χ0n) is 14.9. The van der Waals surface area contributed by atoms with Gasteiger partial charge in [-0.15, -0.1) is 0 Å². The van der Waals surface area contributed by atoms with Gasteiger partial charge < -0.3 is 14.8 Å². The number of rotatable bonds is 8. The molecule has 0 saturated carbocycles. The molecule has 1 aliphatic heterocycles. The summed E-state index contributed by atoms with van der Waals surface area (Å²) in [5, 5.41) is 2.91. The summed E-state index contributed by atoms with van der Waals surface area (Å²) in [7, 11) is 1.28. The predicted molar refractivity (Wildman–Crippen MR) is 95.0 cm³/mol. The fraction of sp³-hybridized carbons (Fsp3) is 0.588. The van der Waals surface area contributed by atoms with Crippen LogP contribution in [0.1, 0.15) is 12.0 Å². The molecule has 0 aromatic heterocycles. The van der Waals surface area contributed by atoms with Gasteiger partial charge in [0.15, 0.2) is 0 Å². The summed E-state index contributed by atoms with van der Waals surface area (Å²) in [4.78, 5) is 12.2. The van der Waals surface area contributed by atoms with Crippen molar-refractivity contribution in [2.24, 2.45) is 5.92 Å². The molecule has 1 saturated heterocycles. The largest absolute Gasteiger partial charge is 0.496 e. The van der Waals surface area contributed by atoms with Gasteiger partial charge in [-0.05, 0) is 18.1 Å². The third-order valence-corrected chi connectivity index (χ3v) is 6.30. The van der Waals surface area contributed by atoms with E-state index in [2.05, 4.69) is 5.32 Å². The van der Waals surface area contributed by atoms with E-state index in [1.54, 1.807) is 7.11 Å². The van der Waals surface area contributed by atoms with Crippen molar-refractivity contribution in [1.29, 1.82) is 0 Å². The van der Waals surface area contributed by atoms with Crippen molar-refractivity contribution in [3.8, 4) is 5.75 Å². The lowest BCUT2D eigenvalue weighted by Crippen LogP contribution is -2.43. The van der Waals surface area contributed by atoms with Crippen LogP contribution in [-0.4, -0.2) is 64.8 Å². The minimum atomic E-state index is -3.33. The Morgan fingerprint density at radius 3 is 2.72 bits per heavy atom. The van der Waals surface area contributed by atoms with Gasteiger partial charge in [-0.25, -0.2) is 12.7 Å². The molecule has 25 heavy (non-hydrogen) atoms. The molecule has 0 spiro atoms. The zero-order chi connectivity index (χ0) is 18.4. The lowest BCUT2D eigenvalue weighted by Gasteiger charge is -2.21. The maximum Gasteiger partial charge on any atom is 0.220 e. The Morgan fingerprint density at radius 1 is 1.32 bits per heavy atom. The average Bonchev–Trinajstić information content (AvgIpc) is 2.99. The normalized spacial score (nSPS) is 20.6. The SMILES string of the molecule is COc1ccccc1CCC(=O)N[C@@H]1COC[C@H]1CS(=O)(=O)N(C)C. The van der Waals surface area contributed by atoms with E-state index in [1.165, 1.54) is 18.4 Å². The number of hydrogen-bond acceptors (Lipinski definition) is 5. The molecule has 1 aromatic rings. The second-order valence-corrected chi connectivity index (χ2v) is 8.57. The van der Waals surface area contributed by atoms with E-state index in [0.29, 0.717) is 26.1 Å².